The van der Waals surface area contributed by atoms with Crippen LogP contribution >= 0.6 is 11.6 Å². The summed E-state index contributed by atoms with van der Waals surface area (Å²) in [4.78, 5) is 43.8. The molecule has 1 aromatic heterocycles. The summed E-state index contributed by atoms with van der Waals surface area (Å²) < 4.78 is 10.0. The summed E-state index contributed by atoms with van der Waals surface area (Å²) in [6.45, 7) is 3.67. The molecule has 2 unspecified atom stereocenters. The van der Waals surface area contributed by atoms with Crippen LogP contribution in [0.25, 0.3) is 0 Å². The molecule has 2 heterocycles. The number of ether oxygens (including phenoxy) is 2. The molecule has 0 aliphatic carbocycles. The van der Waals surface area contributed by atoms with E-state index in [9.17, 15) is 14.4 Å². The largest absolute Gasteiger partial charge is 0.469 e. The minimum absolute atomic E-state index is 0.0801. The predicted molar refractivity (Wildman–Crippen MR) is 107 cm³/mol. The number of halogens is 1. The number of carbonyl (C=O) groups excluding carboxylic acids is 3. The smallest absolute Gasteiger partial charge is 0.414 e. The van der Waals surface area contributed by atoms with Crippen LogP contribution in [0, 0.1) is 6.92 Å². The van der Waals surface area contributed by atoms with E-state index >= 15 is 0 Å². The molecule has 1 aromatic carbocycles. The fraction of sp³-hybridized carbons (Fsp3) is 0.333. The van der Waals surface area contributed by atoms with E-state index in [-0.39, 0.29) is 24.5 Å². The maximum absolute atomic E-state index is 13.4. The highest BCUT2D eigenvalue weighted by Gasteiger charge is 2.48. The van der Waals surface area contributed by atoms with E-state index in [0.717, 1.165) is 5.56 Å². The van der Waals surface area contributed by atoms with Gasteiger partial charge in [-0.2, -0.15) is 0 Å². The number of hydrogen-bond acceptors (Lipinski definition) is 6. The van der Waals surface area contributed by atoms with Crippen LogP contribution in [0.15, 0.2) is 36.5 Å². The number of amides is 1. The first-order chi connectivity index (χ1) is 13.9. The molecule has 0 bridgehead atoms. The standard InChI is InChI=1S/C21H21ClN2O5/c1-4-29-21(27)24-17-9-13(22)6-7-14(17)15(10-18(25)28-3)19(24)20(26)16-8-5-12(2)11-23-16/h5-9,11,15,19H,4,10H2,1-3H3. The van der Waals surface area contributed by atoms with Crippen molar-refractivity contribution in [2.75, 3.05) is 18.6 Å². The number of methoxy groups -OCH3 is 1. The summed E-state index contributed by atoms with van der Waals surface area (Å²) in [6.07, 6.45) is 0.813. The van der Waals surface area contributed by atoms with Crippen molar-refractivity contribution in [3.63, 3.8) is 0 Å². The van der Waals surface area contributed by atoms with Crippen molar-refractivity contribution in [3.05, 3.63) is 58.4 Å². The quantitative estimate of drug-likeness (QED) is 0.542. The second-order valence-electron chi connectivity index (χ2n) is 6.69. The number of pyridine rings is 1. The van der Waals surface area contributed by atoms with Gasteiger partial charge in [0.15, 0.2) is 0 Å². The number of Topliss-reactive ketones (excluding diaryl/α,β-unsaturated/α-hetero) is 1. The Balaban J connectivity index is 2.13. The van der Waals surface area contributed by atoms with Gasteiger partial charge in [-0.15, -0.1) is 0 Å². The lowest BCUT2D eigenvalue weighted by molar-refractivity contribution is -0.141. The van der Waals surface area contributed by atoms with E-state index in [0.29, 0.717) is 16.3 Å². The molecule has 2 atom stereocenters. The van der Waals surface area contributed by atoms with Gasteiger partial charge in [0.1, 0.15) is 11.7 Å². The molecular weight excluding hydrogens is 396 g/mol. The molecule has 152 valence electrons. The number of anilines is 1. The normalized spacial score (nSPS) is 17.6. The predicted octanol–water partition coefficient (Wildman–Crippen LogP) is 3.92. The lowest BCUT2D eigenvalue weighted by Gasteiger charge is -2.26. The van der Waals surface area contributed by atoms with Gasteiger partial charge in [0.2, 0.25) is 5.78 Å². The maximum Gasteiger partial charge on any atom is 0.414 e. The van der Waals surface area contributed by atoms with Crippen LogP contribution in [0.5, 0.6) is 0 Å². The van der Waals surface area contributed by atoms with Crippen molar-refractivity contribution in [1.29, 1.82) is 0 Å². The van der Waals surface area contributed by atoms with Crippen LogP contribution in [0.4, 0.5) is 10.5 Å². The number of carbonyl (C=O) groups is 3. The number of aromatic nitrogens is 1. The molecule has 29 heavy (non-hydrogen) atoms. The third kappa shape index (κ3) is 4.10. The van der Waals surface area contributed by atoms with Crippen LogP contribution in [-0.2, 0) is 14.3 Å². The van der Waals surface area contributed by atoms with Gasteiger partial charge in [-0.3, -0.25) is 19.5 Å². The zero-order valence-electron chi connectivity index (χ0n) is 16.3. The maximum atomic E-state index is 13.4. The first-order valence-corrected chi connectivity index (χ1v) is 9.54. The summed E-state index contributed by atoms with van der Waals surface area (Å²) in [7, 11) is 1.28. The van der Waals surface area contributed by atoms with Crippen LogP contribution in [0.1, 0.15) is 40.9 Å². The Hall–Kier alpha value is -2.93. The average molecular weight is 417 g/mol. The summed E-state index contributed by atoms with van der Waals surface area (Å²) in [5.74, 6) is -1.50. The van der Waals surface area contributed by atoms with Crippen molar-refractivity contribution in [3.8, 4) is 0 Å². The highest BCUT2D eigenvalue weighted by atomic mass is 35.5. The molecular formula is C21H21ClN2O5. The molecule has 0 saturated heterocycles. The zero-order valence-corrected chi connectivity index (χ0v) is 17.1. The lowest BCUT2D eigenvalue weighted by atomic mass is 9.88. The van der Waals surface area contributed by atoms with Gasteiger partial charge in [-0.1, -0.05) is 23.7 Å². The van der Waals surface area contributed by atoms with Crippen molar-refractivity contribution in [1.82, 2.24) is 4.98 Å². The van der Waals surface area contributed by atoms with E-state index in [2.05, 4.69) is 4.98 Å². The van der Waals surface area contributed by atoms with E-state index in [4.69, 9.17) is 21.1 Å². The number of aryl methyl sites for hydroxylation is 1. The third-order valence-corrected chi connectivity index (χ3v) is 5.06. The third-order valence-electron chi connectivity index (χ3n) is 4.82. The molecule has 0 fully saturated rings. The van der Waals surface area contributed by atoms with Crippen molar-refractivity contribution in [2.45, 2.75) is 32.2 Å². The van der Waals surface area contributed by atoms with Gasteiger partial charge in [0, 0.05) is 17.1 Å². The first-order valence-electron chi connectivity index (χ1n) is 9.16. The first kappa shape index (κ1) is 20.8. The summed E-state index contributed by atoms with van der Waals surface area (Å²) in [5, 5.41) is 0.399. The molecule has 1 amide bonds. The lowest BCUT2D eigenvalue weighted by Crippen LogP contribution is -2.45. The zero-order chi connectivity index (χ0) is 21.1. The average Bonchev–Trinajstić information content (AvgIpc) is 3.01. The topological polar surface area (TPSA) is 85.8 Å². The fourth-order valence-corrected chi connectivity index (χ4v) is 3.66. The van der Waals surface area contributed by atoms with E-state index < -0.39 is 24.0 Å². The number of rotatable bonds is 5. The fourth-order valence-electron chi connectivity index (χ4n) is 3.49. The minimum atomic E-state index is -1.00. The number of benzene rings is 1. The molecule has 3 rings (SSSR count). The molecule has 7 nitrogen and oxygen atoms in total. The SMILES string of the molecule is CCOC(=O)N1c2cc(Cl)ccc2C(CC(=O)OC)C1C(=O)c1ccc(C)cn1. The number of nitrogens with zero attached hydrogens (tertiary/aromatic N) is 2. The summed E-state index contributed by atoms with van der Waals surface area (Å²) in [5.41, 5.74) is 2.19. The second kappa shape index (κ2) is 8.61. The van der Waals surface area contributed by atoms with Crippen molar-refractivity contribution < 1.29 is 23.9 Å². The van der Waals surface area contributed by atoms with Crippen LogP contribution in [0.3, 0.4) is 0 Å². The summed E-state index contributed by atoms with van der Waals surface area (Å²) >= 11 is 6.15. The molecule has 1 aliphatic rings. The number of ketones is 1. The van der Waals surface area contributed by atoms with Crippen LogP contribution in [-0.4, -0.2) is 42.6 Å². The van der Waals surface area contributed by atoms with E-state index in [1.54, 1.807) is 43.5 Å². The Morgan fingerprint density at radius 2 is 1.97 bits per heavy atom. The number of fused-ring (bicyclic) bond motifs is 1. The van der Waals surface area contributed by atoms with Gasteiger partial charge in [0.25, 0.3) is 0 Å². The monoisotopic (exact) mass is 416 g/mol. The van der Waals surface area contributed by atoms with E-state index in [1.165, 1.54) is 12.0 Å². The molecule has 0 spiro atoms. The van der Waals surface area contributed by atoms with Gasteiger partial charge in [-0.25, -0.2) is 4.79 Å². The molecule has 0 saturated carbocycles. The summed E-state index contributed by atoms with van der Waals surface area (Å²) in [6, 6.07) is 7.33. The Bertz CT molecular complexity index is 945. The van der Waals surface area contributed by atoms with Gasteiger partial charge >= 0.3 is 12.1 Å². The Labute approximate surface area is 173 Å². The van der Waals surface area contributed by atoms with Crippen molar-refractivity contribution in [2.24, 2.45) is 0 Å². The molecule has 8 heteroatoms. The molecule has 0 radical (unpaired) electrons. The Kier molecular flexibility index (Phi) is 6.17. The minimum Gasteiger partial charge on any atom is -0.469 e. The van der Waals surface area contributed by atoms with Crippen LogP contribution in [0.2, 0.25) is 5.02 Å². The molecule has 1 aliphatic heterocycles. The molecule has 2 aromatic rings. The number of esters is 1. The highest BCUT2D eigenvalue weighted by molar-refractivity contribution is 6.31. The second-order valence-corrected chi connectivity index (χ2v) is 7.13. The molecule has 0 N–H and O–H groups in total. The Morgan fingerprint density at radius 1 is 1.21 bits per heavy atom. The van der Waals surface area contributed by atoms with Gasteiger partial charge < -0.3 is 9.47 Å². The Morgan fingerprint density at radius 3 is 2.59 bits per heavy atom. The number of hydrogen-bond donors (Lipinski definition) is 0. The van der Waals surface area contributed by atoms with Crippen molar-refractivity contribution >= 4 is 35.1 Å². The van der Waals surface area contributed by atoms with Crippen LogP contribution < -0.4 is 4.90 Å². The highest BCUT2D eigenvalue weighted by Crippen LogP contribution is 2.45. The van der Waals surface area contributed by atoms with Gasteiger partial charge in [-0.05, 0) is 43.2 Å². The van der Waals surface area contributed by atoms with Gasteiger partial charge in [0.05, 0.1) is 25.8 Å². The van der Waals surface area contributed by atoms with E-state index in [1.807, 2.05) is 6.92 Å².